The zero-order valence-corrected chi connectivity index (χ0v) is 11.1. The number of nitrogens with one attached hydrogen (secondary N) is 1. The quantitative estimate of drug-likeness (QED) is 0.905. The largest absolute Gasteiger partial charge is 0.338 e. The van der Waals surface area contributed by atoms with Crippen molar-refractivity contribution in [1.29, 1.82) is 0 Å². The standard InChI is InChI=1S/C16H16N2O2/c19-15-10-13(6-8-17-15)16(20)18-9-7-14(11-18)12-4-2-1-3-5-12/h1-6,8,10,14H,7,9,11H2,(H,17,19). The van der Waals surface area contributed by atoms with Crippen molar-refractivity contribution < 1.29 is 4.79 Å². The minimum Gasteiger partial charge on any atom is -0.338 e. The Bertz CT molecular complexity index is 663. The van der Waals surface area contributed by atoms with E-state index in [-0.39, 0.29) is 11.5 Å². The Morgan fingerprint density at radius 2 is 2.00 bits per heavy atom. The molecule has 3 rings (SSSR count). The maximum absolute atomic E-state index is 12.3. The molecule has 2 heterocycles. The first-order valence-electron chi connectivity index (χ1n) is 6.77. The molecule has 1 aromatic carbocycles. The van der Waals surface area contributed by atoms with Crippen LogP contribution in [0, 0.1) is 0 Å². The molecule has 1 amide bonds. The third-order valence-corrected chi connectivity index (χ3v) is 3.77. The SMILES string of the molecule is O=C(c1cc[nH]c(=O)c1)N1CCC(c2ccccc2)C1. The fraction of sp³-hybridized carbons (Fsp3) is 0.250. The van der Waals surface area contributed by atoms with Crippen LogP contribution in [0.4, 0.5) is 0 Å². The zero-order valence-electron chi connectivity index (χ0n) is 11.1. The first-order chi connectivity index (χ1) is 9.74. The third kappa shape index (κ3) is 2.50. The van der Waals surface area contributed by atoms with Crippen molar-refractivity contribution in [3.63, 3.8) is 0 Å². The molecule has 0 aliphatic carbocycles. The maximum atomic E-state index is 12.3. The van der Waals surface area contributed by atoms with Crippen molar-refractivity contribution in [1.82, 2.24) is 9.88 Å². The van der Waals surface area contributed by atoms with Crippen LogP contribution in [0.15, 0.2) is 53.5 Å². The lowest BCUT2D eigenvalue weighted by molar-refractivity contribution is 0.0790. The highest BCUT2D eigenvalue weighted by Crippen LogP contribution is 2.27. The number of benzene rings is 1. The Morgan fingerprint density at radius 3 is 2.75 bits per heavy atom. The topological polar surface area (TPSA) is 53.2 Å². The molecule has 1 aliphatic rings. The summed E-state index contributed by atoms with van der Waals surface area (Å²) < 4.78 is 0. The summed E-state index contributed by atoms with van der Waals surface area (Å²) >= 11 is 0. The second kappa shape index (κ2) is 5.33. The van der Waals surface area contributed by atoms with Crippen LogP contribution >= 0.6 is 0 Å². The van der Waals surface area contributed by atoms with Crippen molar-refractivity contribution >= 4 is 5.91 Å². The van der Waals surface area contributed by atoms with Crippen molar-refractivity contribution in [3.8, 4) is 0 Å². The van der Waals surface area contributed by atoms with Crippen molar-refractivity contribution in [2.75, 3.05) is 13.1 Å². The average molecular weight is 268 g/mol. The monoisotopic (exact) mass is 268 g/mol. The first kappa shape index (κ1) is 12.7. The van der Waals surface area contributed by atoms with Crippen LogP contribution in [0.3, 0.4) is 0 Å². The van der Waals surface area contributed by atoms with E-state index in [1.54, 1.807) is 6.07 Å². The highest BCUT2D eigenvalue weighted by Gasteiger charge is 2.27. The van der Waals surface area contributed by atoms with Gasteiger partial charge >= 0.3 is 0 Å². The molecule has 0 radical (unpaired) electrons. The van der Waals surface area contributed by atoms with Crippen LogP contribution in [0.1, 0.15) is 28.3 Å². The van der Waals surface area contributed by atoms with E-state index in [9.17, 15) is 9.59 Å². The summed E-state index contributed by atoms with van der Waals surface area (Å²) in [4.78, 5) is 28.0. The van der Waals surface area contributed by atoms with E-state index >= 15 is 0 Å². The molecule has 1 N–H and O–H groups in total. The number of hydrogen-bond acceptors (Lipinski definition) is 2. The molecule has 20 heavy (non-hydrogen) atoms. The molecular weight excluding hydrogens is 252 g/mol. The molecule has 4 nitrogen and oxygen atoms in total. The van der Waals surface area contributed by atoms with Crippen LogP contribution in [-0.4, -0.2) is 28.9 Å². The number of likely N-dealkylation sites (tertiary alicyclic amines) is 1. The molecule has 102 valence electrons. The highest BCUT2D eigenvalue weighted by atomic mass is 16.2. The summed E-state index contributed by atoms with van der Waals surface area (Å²) in [6.45, 7) is 1.46. The van der Waals surface area contributed by atoms with Gasteiger partial charge in [-0.25, -0.2) is 0 Å². The van der Waals surface area contributed by atoms with Gasteiger partial charge in [0, 0.05) is 36.8 Å². The predicted molar refractivity (Wildman–Crippen MR) is 76.8 cm³/mol. The minimum atomic E-state index is -0.241. The smallest absolute Gasteiger partial charge is 0.254 e. The number of carbonyl (C=O) groups is 1. The Labute approximate surface area is 117 Å². The van der Waals surface area contributed by atoms with Gasteiger partial charge in [-0.2, -0.15) is 0 Å². The Hall–Kier alpha value is -2.36. The summed E-state index contributed by atoms with van der Waals surface area (Å²) in [5.74, 6) is 0.330. The Morgan fingerprint density at radius 1 is 1.20 bits per heavy atom. The fourth-order valence-corrected chi connectivity index (χ4v) is 2.70. The number of amides is 1. The van der Waals surface area contributed by atoms with Gasteiger partial charge in [0.15, 0.2) is 0 Å². The third-order valence-electron chi connectivity index (χ3n) is 3.77. The lowest BCUT2D eigenvalue weighted by Gasteiger charge is -2.16. The van der Waals surface area contributed by atoms with Crippen molar-refractivity contribution in [3.05, 3.63) is 70.1 Å². The molecule has 1 saturated heterocycles. The van der Waals surface area contributed by atoms with E-state index in [1.165, 1.54) is 17.8 Å². The van der Waals surface area contributed by atoms with E-state index < -0.39 is 0 Å². The number of rotatable bonds is 2. The summed E-state index contributed by atoms with van der Waals surface area (Å²) in [6, 6.07) is 13.3. The van der Waals surface area contributed by atoms with Gasteiger partial charge < -0.3 is 9.88 Å². The summed E-state index contributed by atoms with van der Waals surface area (Å²) in [5.41, 5.74) is 1.49. The van der Waals surface area contributed by atoms with E-state index in [2.05, 4.69) is 17.1 Å². The van der Waals surface area contributed by atoms with Crippen LogP contribution in [-0.2, 0) is 0 Å². The molecule has 4 heteroatoms. The number of pyridine rings is 1. The normalized spacial score (nSPS) is 18.2. The van der Waals surface area contributed by atoms with Gasteiger partial charge in [-0.05, 0) is 18.1 Å². The van der Waals surface area contributed by atoms with Crippen LogP contribution in [0.2, 0.25) is 0 Å². The number of aromatic amines is 1. The second-order valence-corrected chi connectivity index (χ2v) is 5.09. The van der Waals surface area contributed by atoms with E-state index in [1.807, 2.05) is 23.1 Å². The first-order valence-corrected chi connectivity index (χ1v) is 6.77. The van der Waals surface area contributed by atoms with Gasteiger partial charge in [-0.1, -0.05) is 30.3 Å². The molecule has 0 spiro atoms. The molecule has 1 atom stereocenters. The molecule has 2 aromatic rings. The number of aromatic nitrogens is 1. The lowest BCUT2D eigenvalue weighted by atomic mass is 9.99. The van der Waals surface area contributed by atoms with E-state index in [0.717, 1.165) is 19.5 Å². The van der Waals surface area contributed by atoms with Crippen LogP contribution in [0.25, 0.3) is 0 Å². The van der Waals surface area contributed by atoms with E-state index in [4.69, 9.17) is 0 Å². The molecule has 1 aliphatic heterocycles. The molecule has 0 saturated carbocycles. The Balaban J connectivity index is 1.74. The average Bonchev–Trinajstić information content (AvgIpc) is 2.97. The maximum Gasteiger partial charge on any atom is 0.254 e. The second-order valence-electron chi connectivity index (χ2n) is 5.09. The van der Waals surface area contributed by atoms with Gasteiger partial charge in [-0.15, -0.1) is 0 Å². The van der Waals surface area contributed by atoms with Gasteiger partial charge in [0.05, 0.1) is 0 Å². The zero-order chi connectivity index (χ0) is 13.9. The highest BCUT2D eigenvalue weighted by molar-refractivity contribution is 5.94. The number of hydrogen-bond donors (Lipinski definition) is 1. The molecule has 1 unspecified atom stereocenters. The number of H-pyrrole nitrogens is 1. The van der Waals surface area contributed by atoms with E-state index in [0.29, 0.717) is 11.5 Å². The predicted octanol–water partition coefficient (Wildman–Crippen LogP) is 2.00. The van der Waals surface area contributed by atoms with Gasteiger partial charge in [0.25, 0.3) is 5.91 Å². The van der Waals surface area contributed by atoms with Crippen LogP contribution < -0.4 is 5.56 Å². The fourth-order valence-electron chi connectivity index (χ4n) is 2.70. The number of nitrogens with zero attached hydrogens (tertiary/aromatic N) is 1. The molecule has 0 bridgehead atoms. The number of carbonyl (C=O) groups excluding carboxylic acids is 1. The molecular formula is C16H16N2O2. The summed E-state index contributed by atoms with van der Waals surface area (Å²) in [5, 5.41) is 0. The summed E-state index contributed by atoms with van der Waals surface area (Å²) in [7, 11) is 0. The van der Waals surface area contributed by atoms with Crippen LogP contribution in [0.5, 0.6) is 0 Å². The minimum absolute atomic E-state index is 0.0606. The van der Waals surface area contributed by atoms with Gasteiger partial charge in [-0.3, -0.25) is 9.59 Å². The van der Waals surface area contributed by atoms with Crippen molar-refractivity contribution in [2.45, 2.75) is 12.3 Å². The van der Waals surface area contributed by atoms with Gasteiger partial charge in [0.1, 0.15) is 0 Å². The van der Waals surface area contributed by atoms with Crippen molar-refractivity contribution in [2.24, 2.45) is 0 Å². The molecule has 1 aromatic heterocycles. The molecule has 1 fully saturated rings. The summed E-state index contributed by atoms with van der Waals surface area (Å²) in [6.07, 6.45) is 2.49. The van der Waals surface area contributed by atoms with Gasteiger partial charge in [0.2, 0.25) is 5.56 Å². The Kier molecular flexibility index (Phi) is 3.37. The lowest BCUT2D eigenvalue weighted by Crippen LogP contribution is -2.29.